The molecule has 0 aliphatic heterocycles. The van der Waals surface area contributed by atoms with Crippen molar-refractivity contribution in [3.8, 4) is 28.6 Å². The van der Waals surface area contributed by atoms with Crippen LogP contribution in [-0.4, -0.2) is 23.9 Å². The number of benzene rings is 2. The number of aromatic nitrogens is 5. The zero-order chi connectivity index (χ0) is 29.9. The molecule has 0 N–H and O–H groups in total. The molecule has 6 nitrogen and oxygen atoms in total. The Kier molecular flexibility index (Phi) is 6.13. The van der Waals surface area contributed by atoms with Crippen molar-refractivity contribution in [1.82, 2.24) is 23.9 Å². The number of nitrogens with zero attached hydrogens (tertiary/aromatic N) is 5. The van der Waals surface area contributed by atoms with Gasteiger partial charge < -0.3 is 9.14 Å². The van der Waals surface area contributed by atoms with Crippen LogP contribution in [0, 0.1) is 0 Å². The Morgan fingerprint density at radius 1 is 0.674 bits per heavy atom. The van der Waals surface area contributed by atoms with Crippen LogP contribution in [0.3, 0.4) is 0 Å². The zero-order valence-corrected chi connectivity index (χ0v) is 25.5. The van der Waals surface area contributed by atoms with Gasteiger partial charge in [-0.3, -0.25) is 4.57 Å². The Balaban J connectivity index is 1.36. The molecular formula is C37H35N5O. The summed E-state index contributed by atoms with van der Waals surface area (Å²) in [6.07, 6.45) is 7.81. The van der Waals surface area contributed by atoms with Crippen molar-refractivity contribution in [2.75, 3.05) is 0 Å². The highest BCUT2D eigenvalue weighted by molar-refractivity contribution is 6.08. The molecule has 0 spiro atoms. The van der Waals surface area contributed by atoms with Gasteiger partial charge in [-0.25, -0.2) is 15.0 Å². The Bertz CT molecular complexity index is 2110. The van der Waals surface area contributed by atoms with E-state index < -0.39 is 0 Å². The number of rotatable bonds is 4. The molecule has 7 rings (SSSR count). The standard InChI is InChI=1S/C37H35N5O/c1-36(2,3)25-14-16-38-34(21-25)42-32-22-27(12-13-29(32)30-10-9-15-39-35(30)42)43-28-19-24(18-26(20-28)37(4,5)6)31-23-41-17-8-7-11-33(41)40-31/h7-23H,1-6H3. The predicted octanol–water partition coefficient (Wildman–Crippen LogP) is 9.28. The lowest BCUT2D eigenvalue weighted by Gasteiger charge is -2.21. The Hall–Kier alpha value is -4.97. The summed E-state index contributed by atoms with van der Waals surface area (Å²) in [7, 11) is 0. The van der Waals surface area contributed by atoms with E-state index in [2.05, 4.69) is 101 Å². The minimum absolute atomic E-state index is 0.00511. The molecule has 0 atom stereocenters. The Morgan fingerprint density at radius 2 is 1.51 bits per heavy atom. The zero-order valence-electron chi connectivity index (χ0n) is 25.5. The first kappa shape index (κ1) is 26.9. The van der Waals surface area contributed by atoms with Gasteiger partial charge in [-0.05, 0) is 88.7 Å². The van der Waals surface area contributed by atoms with Crippen molar-refractivity contribution in [2.45, 2.75) is 52.4 Å². The number of ether oxygens (including phenoxy) is 1. The fourth-order valence-electron chi connectivity index (χ4n) is 5.57. The summed E-state index contributed by atoms with van der Waals surface area (Å²) in [4.78, 5) is 14.4. The van der Waals surface area contributed by atoms with Crippen LogP contribution in [0.15, 0.2) is 104 Å². The molecule has 0 bridgehead atoms. The molecule has 0 aliphatic carbocycles. The summed E-state index contributed by atoms with van der Waals surface area (Å²) < 4.78 is 10.8. The van der Waals surface area contributed by atoms with E-state index in [1.54, 1.807) is 0 Å². The summed E-state index contributed by atoms with van der Waals surface area (Å²) in [5, 5.41) is 2.18. The summed E-state index contributed by atoms with van der Waals surface area (Å²) in [5.41, 5.74) is 7.04. The summed E-state index contributed by atoms with van der Waals surface area (Å²) in [5.74, 6) is 2.36. The van der Waals surface area contributed by atoms with Crippen LogP contribution in [0.5, 0.6) is 11.5 Å². The minimum atomic E-state index is -0.0704. The first-order valence-electron chi connectivity index (χ1n) is 14.7. The van der Waals surface area contributed by atoms with Gasteiger partial charge in [0.15, 0.2) is 0 Å². The van der Waals surface area contributed by atoms with Gasteiger partial charge in [-0.2, -0.15) is 0 Å². The Morgan fingerprint density at radius 3 is 2.30 bits per heavy atom. The molecule has 0 saturated carbocycles. The van der Waals surface area contributed by atoms with Gasteiger partial charge in [0.2, 0.25) is 0 Å². The van der Waals surface area contributed by atoms with Crippen LogP contribution < -0.4 is 4.74 Å². The van der Waals surface area contributed by atoms with Gasteiger partial charge in [-0.1, -0.05) is 47.6 Å². The number of hydrogen-bond acceptors (Lipinski definition) is 4. The number of imidazole rings is 1. The van der Waals surface area contributed by atoms with Crippen molar-refractivity contribution in [3.05, 3.63) is 115 Å². The van der Waals surface area contributed by atoms with Crippen molar-refractivity contribution in [2.24, 2.45) is 0 Å². The van der Waals surface area contributed by atoms with Crippen LogP contribution in [0.1, 0.15) is 52.7 Å². The average Bonchev–Trinajstić information content (AvgIpc) is 3.55. The summed E-state index contributed by atoms with van der Waals surface area (Å²) in [6.45, 7) is 13.3. The average molecular weight is 566 g/mol. The molecule has 0 saturated heterocycles. The lowest BCUT2D eigenvalue weighted by Crippen LogP contribution is -2.12. The molecule has 0 amide bonds. The van der Waals surface area contributed by atoms with Crippen molar-refractivity contribution >= 4 is 27.6 Å². The normalized spacial score (nSPS) is 12.4. The lowest BCUT2D eigenvalue weighted by atomic mass is 9.85. The van der Waals surface area contributed by atoms with Gasteiger partial charge in [0.25, 0.3) is 0 Å². The third-order valence-electron chi connectivity index (χ3n) is 8.01. The van der Waals surface area contributed by atoms with Crippen LogP contribution in [0.2, 0.25) is 0 Å². The van der Waals surface area contributed by atoms with E-state index in [1.165, 1.54) is 11.1 Å². The van der Waals surface area contributed by atoms with Gasteiger partial charge in [0.05, 0.1) is 11.2 Å². The van der Waals surface area contributed by atoms with E-state index in [0.717, 1.165) is 56.2 Å². The van der Waals surface area contributed by atoms with Crippen LogP contribution in [0.4, 0.5) is 0 Å². The molecule has 0 radical (unpaired) electrons. The third kappa shape index (κ3) is 4.93. The number of fused-ring (bicyclic) bond motifs is 4. The fraction of sp³-hybridized carbons (Fsp3) is 0.216. The van der Waals surface area contributed by atoms with Gasteiger partial charge in [0.1, 0.15) is 28.6 Å². The van der Waals surface area contributed by atoms with E-state index in [1.807, 2.05) is 53.3 Å². The van der Waals surface area contributed by atoms with Crippen molar-refractivity contribution < 1.29 is 4.74 Å². The van der Waals surface area contributed by atoms with E-state index in [4.69, 9.17) is 19.7 Å². The maximum Gasteiger partial charge on any atom is 0.146 e. The highest BCUT2D eigenvalue weighted by atomic mass is 16.5. The SMILES string of the molecule is CC(C)(C)c1cc(Oc2ccc3c4cccnc4n(-c4cc(C(C)(C)C)ccn4)c3c2)cc(-c2cn3ccccc3n2)c1. The van der Waals surface area contributed by atoms with E-state index in [-0.39, 0.29) is 10.8 Å². The van der Waals surface area contributed by atoms with Crippen LogP contribution in [-0.2, 0) is 10.8 Å². The summed E-state index contributed by atoms with van der Waals surface area (Å²) in [6, 6.07) is 27.1. The maximum atomic E-state index is 6.63. The van der Waals surface area contributed by atoms with Crippen LogP contribution in [0.25, 0.3) is 44.7 Å². The first-order valence-corrected chi connectivity index (χ1v) is 14.7. The topological polar surface area (TPSA) is 57.2 Å². The minimum Gasteiger partial charge on any atom is -0.457 e. The predicted molar refractivity (Wildman–Crippen MR) is 174 cm³/mol. The van der Waals surface area contributed by atoms with E-state index >= 15 is 0 Å². The highest BCUT2D eigenvalue weighted by Gasteiger charge is 2.20. The second kappa shape index (κ2) is 9.80. The molecule has 6 heteroatoms. The lowest BCUT2D eigenvalue weighted by molar-refractivity contribution is 0.479. The first-order chi connectivity index (χ1) is 20.5. The second-order valence-electron chi connectivity index (χ2n) is 13.2. The second-order valence-corrected chi connectivity index (χ2v) is 13.2. The Labute approximate surface area is 251 Å². The molecule has 214 valence electrons. The molecule has 0 aliphatic rings. The monoisotopic (exact) mass is 565 g/mol. The van der Waals surface area contributed by atoms with E-state index in [0.29, 0.717) is 0 Å². The third-order valence-corrected chi connectivity index (χ3v) is 8.01. The summed E-state index contributed by atoms with van der Waals surface area (Å²) >= 11 is 0. The van der Waals surface area contributed by atoms with E-state index in [9.17, 15) is 0 Å². The van der Waals surface area contributed by atoms with Crippen LogP contribution >= 0.6 is 0 Å². The molecular weight excluding hydrogens is 530 g/mol. The van der Waals surface area contributed by atoms with Gasteiger partial charge in [0, 0.05) is 47.2 Å². The van der Waals surface area contributed by atoms with Gasteiger partial charge >= 0.3 is 0 Å². The quantitative estimate of drug-likeness (QED) is 0.213. The number of hydrogen-bond donors (Lipinski definition) is 0. The molecule has 5 heterocycles. The highest BCUT2D eigenvalue weighted by Crippen LogP contribution is 2.37. The molecule has 43 heavy (non-hydrogen) atoms. The van der Waals surface area contributed by atoms with Crippen molar-refractivity contribution in [1.29, 1.82) is 0 Å². The molecule has 0 unspecified atom stereocenters. The van der Waals surface area contributed by atoms with Gasteiger partial charge in [-0.15, -0.1) is 0 Å². The smallest absolute Gasteiger partial charge is 0.146 e. The largest absolute Gasteiger partial charge is 0.457 e. The molecule has 0 fully saturated rings. The number of pyridine rings is 3. The molecule has 7 aromatic rings. The fourth-order valence-corrected chi connectivity index (χ4v) is 5.57. The van der Waals surface area contributed by atoms with Crippen molar-refractivity contribution in [3.63, 3.8) is 0 Å². The molecule has 2 aromatic carbocycles. The maximum absolute atomic E-state index is 6.63. The molecule has 5 aromatic heterocycles.